The first-order valence-corrected chi connectivity index (χ1v) is 6.26. The number of hydrogen-bond acceptors (Lipinski definition) is 3. The van der Waals surface area contributed by atoms with Gasteiger partial charge in [0, 0.05) is 6.04 Å². The highest BCUT2D eigenvalue weighted by molar-refractivity contribution is 5.28. The van der Waals surface area contributed by atoms with Gasteiger partial charge in [-0.05, 0) is 24.1 Å². The zero-order chi connectivity index (χ0) is 12.7. The third-order valence-electron chi connectivity index (χ3n) is 3.00. The number of benzene rings is 1. The quantitative estimate of drug-likeness (QED) is 0.717. The van der Waals surface area contributed by atoms with E-state index >= 15 is 0 Å². The minimum absolute atomic E-state index is 0.185. The van der Waals surface area contributed by atoms with Gasteiger partial charge in [-0.15, -0.1) is 0 Å². The molecule has 0 saturated heterocycles. The Kier molecular flexibility index (Phi) is 6.01. The third-order valence-corrected chi connectivity index (χ3v) is 3.00. The van der Waals surface area contributed by atoms with Crippen LogP contribution in [0.3, 0.4) is 0 Å². The number of methoxy groups -OCH3 is 1. The van der Waals surface area contributed by atoms with E-state index in [0.29, 0.717) is 0 Å². The Labute approximate surface area is 104 Å². The summed E-state index contributed by atoms with van der Waals surface area (Å²) in [6.45, 7) is 2.16. The van der Waals surface area contributed by atoms with Gasteiger partial charge in [0.2, 0.25) is 0 Å². The SMILES string of the molecule is CCCCC[C@H](N)[C@H](O)c1ccc(OC)cc1. The van der Waals surface area contributed by atoms with E-state index in [1.807, 2.05) is 24.3 Å². The first-order valence-electron chi connectivity index (χ1n) is 6.26. The van der Waals surface area contributed by atoms with E-state index in [-0.39, 0.29) is 6.04 Å². The molecule has 0 heterocycles. The number of aliphatic hydroxyl groups is 1. The van der Waals surface area contributed by atoms with Crippen LogP contribution in [0.4, 0.5) is 0 Å². The van der Waals surface area contributed by atoms with E-state index < -0.39 is 6.10 Å². The molecule has 3 heteroatoms. The lowest BCUT2D eigenvalue weighted by molar-refractivity contribution is 0.141. The number of nitrogens with two attached hydrogens (primary N) is 1. The fraction of sp³-hybridized carbons (Fsp3) is 0.571. The van der Waals surface area contributed by atoms with Crippen molar-refractivity contribution in [3.8, 4) is 5.75 Å². The van der Waals surface area contributed by atoms with Gasteiger partial charge in [-0.2, -0.15) is 0 Å². The third kappa shape index (κ3) is 4.36. The lowest BCUT2D eigenvalue weighted by Gasteiger charge is -2.19. The lowest BCUT2D eigenvalue weighted by Crippen LogP contribution is -2.28. The molecular formula is C14H23NO2. The maximum Gasteiger partial charge on any atom is 0.118 e. The maximum atomic E-state index is 10.1. The van der Waals surface area contributed by atoms with Crippen molar-refractivity contribution in [1.82, 2.24) is 0 Å². The van der Waals surface area contributed by atoms with Crippen molar-refractivity contribution in [3.63, 3.8) is 0 Å². The van der Waals surface area contributed by atoms with Gasteiger partial charge in [-0.1, -0.05) is 38.3 Å². The van der Waals surface area contributed by atoms with Crippen molar-refractivity contribution in [1.29, 1.82) is 0 Å². The van der Waals surface area contributed by atoms with E-state index in [1.54, 1.807) is 7.11 Å². The van der Waals surface area contributed by atoms with Crippen molar-refractivity contribution < 1.29 is 9.84 Å². The molecule has 3 nitrogen and oxygen atoms in total. The summed E-state index contributed by atoms with van der Waals surface area (Å²) in [5.41, 5.74) is 6.84. The number of rotatable bonds is 7. The molecule has 0 spiro atoms. The van der Waals surface area contributed by atoms with Crippen LogP contribution in [0.5, 0.6) is 5.75 Å². The molecule has 0 amide bonds. The molecule has 0 unspecified atom stereocenters. The van der Waals surface area contributed by atoms with Crippen LogP contribution in [0.1, 0.15) is 44.3 Å². The summed E-state index contributed by atoms with van der Waals surface area (Å²) in [6, 6.07) is 7.23. The highest BCUT2D eigenvalue weighted by atomic mass is 16.5. The van der Waals surface area contributed by atoms with Crippen LogP contribution < -0.4 is 10.5 Å². The minimum atomic E-state index is -0.585. The van der Waals surface area contributed by atoms with E-state index in [9.17, 15) is 5.11 Å². The summed E-state index contributed by atoms with van der Waals surface area (Å²) >= 11 is 0. The van der Waals surface area contributed by atoms with Gasteiger partial charge < -0.3 is 15.6 Å². The normalized spacial score (nSPS) is 14.4. The molecule has 0 fully saturated rings. The lowest BCUT2D eigenvalue weighted by atomic mass is 9.98. The predicted molar refractivity (Wildman–Crippen MR) is 70.1 cm³/mol. The van der Waals surface area contributed by atoms with Gasteiger partial charge in [0.15, 0.2) is 0 Å². The molecule has 1 aromatic rings. The van der Waals surface area contributed by atoms with E-state index in [1.165, 1.54) is 12.8 Å². The number of hydrogen-bond donors (Lipinski definition) is 2. The summed E-state index contributed by atoms with van der Waals surface area (Å²) in [6.07, 6.45) is 3.69. The Hall–Kier alpha value is -1.06. The highest BCUT2D eigenvalue weighted by Crippen LogP contribution is 2.21. The molecule has 96 valence electrons. The Morgan fingerprint density at radius 3 is 2.41 bits per heavy atom. The van der Waals surface area contributed by atoms with Crippen molar-refractivity contribution in [2.45, 2.75) is 44.8 Å². The van der Waals surface area contributed by atoms with Crippen molar-refractivity contribution in [3.05, 3.63) is 29.8 Å². The summed E-state index contributed by atoms with van der Waals surface area (Å²) in [5.74, 6) is 0.792. The molecule has 0 saturated carbocycles. The fourth-order valence-electron chi connectivity index (χ4n) is 1.84. The monoisotopic (exact) mass is 237 g/mol. The molecule has 0 aliphatic rings. The molecule has 0 aliphatic heterocycles. The maximum absolute atomic E-state index is 10.1. The number of ether oxygens (including phenoxy) is 1. The second kappa shape index (κ2) is 7.30. The zero-order valence-electron chi connectivity index (χ0n) is 10.7. The Morgan fingerprint density at radius 1 is 1.24 bits per heavy atom. The molecular weight excluding hydrogens is 214 g/mol. The van der Waals surface area contributed by atoms with E-state index in [0.717, 1.165) is 24.2 Å². The Morgan fingerprint density at radius 2 is 1.88 bits per heavy atom. The fourth-order valence-corrected chi connectivity index (χ4v) is 1.84. The minimum Gasteiger partial charge on any atom is -0.497 e. The van der Waals surface area contributed by atoms with Gasteiger partial charge in [0.25, 0.3) is 0 Å². The summed E-state index contributed by atoms with van der Waals surface area (Å²) in [4.78, 5) is 0. The van der Waals surface area contributed by atoms with E-state index in [2.05, 4.69) is 6.92 Å². The van der Waals surface area contributed by atoms with Crippen LogP contribution in [0.2, 0.25) is 0 Å². The predicted octanol–water partition coefficient (Wildman–Crippen LogP) is 2.64. The van der Waals surface area contributed by atoms with Gasteiger partial charge in [-0.25, -0.2) is 0 Å². The van der Waals surface area contributed by atoms with Crippen LogP contribution in [0.25, 0.3) is 0 Å². The van der Waals surface area contributed by atoms with Crippen molar-refractivity contribution in [2.24, 2.45) is 5.73 Å². The largest absolute Gasteiger partial charge is 0.497 e. The van der Waals surface area contributed by atoms with Crippen LogP contribution in [-0.4, -0.2) is 18.3 Å². The van der Waals surface area contributed by atoms with Gasteiger partial charge in [-0.3, -0.25) is 0 Å². The Bertz CT molecular complexity index is 311. The molecule has 17 heavy (non-hydrogen) atoms. The first kappa shape index (κ1) is 14.0. The summed E-state index contributed by atoms with van der Waals surface area (Å²) < 4.78 is 5.08. The summed E-state index contributed by atoms with van der Waals surface area (Å²) in [5, 5.41) is 10.1. The molecule has 1 rings (SSSR count). The molecule has 0 aromatic heterocycles. The van der Waals surface area contributed by atoms with E-state index in [4.69, 9.17) is 10.5 Å². The summed E-state index contributed by atoms with van der Waals surface area (Å²) in [7, 11) is 1.63. The topological polar surface area (TPSA) is 55.5 Å². The standard InChI is InChI=1S/C14H23NO2/c1-3-4-5-6-13(15)14(16)11-7-9-12(17-2)10-8-11/h7-10,13-14,16H,3-6,15H2,1-2H3/t13-,14+/m0/s1. The first-order chi connectivity index (χ1) is 8.19. The molecule has 0 aliphatic carbocycles. The second-order valence-electron chi connectivity index (χ2n) is 4.38. The average molecular weight is 237 g/mol. The van der Waals surface area contributed by atoms with Crippen LogP contribution in [-0.2, 0) is 0 Å². The Balaban J connectivity index is 2.52. The molecule has 0 radical (unpaired) electrons. The van der Waals surface area contributed by atoms with Gasteiger partial charge >= 0.3 is 0 Å². The number of unbranched alkanes of at least 4 members (excludes halogenated alkanes) is 2. The molecule has 0 bridgehead atoms. The number of aliphatic hydroxyl groups excluding tert-OH is 1. The van der Waals surface area contributed by atoms with Crippen LogP contribution >= 0.6 is 0 Å². The average Bonchev–Trinajstić information content (AvgIpc) is 2.38. The van der Waals surface area contributed by atoms with Crippen molar-refractivity contribution >= 4 is 0 Å². The van der Waals surface area contributed by atoms with Gasteiger partial charge in [0.1, 0.15) is 5.75 Å². The van der Waals surface area contributed by atoms with Crippen LogP contribution in [0.15, 0.2) is 24.3 Å². The zero-order valence-corrected chi connectivity index (χ0v) is 10.7. The van der Waals surface area contributed by atoms with Gasteiger partial charge in [0.05, 0.1) is 13.2 Å². The second-order valence-corrected chi connectivity index (χ2v) is 4.38. The highest BCUT2D eigenvalue weighted by Gasteiger charge is 2.16. The van der Waals surface area contributed by atoms with Crippen molar-refractivity contribution in [2.75, 3.05) is 7.11 Å². The molecule has 3 N–H and O–H groups in total. The molecule has 1 aromatic carbocycles. The molecule has 2 atom stereocenters. The van der Waals surface area contributed by atoms with Crippen LogP contribution in [0, 0.1) is 0 Å². The smallest absolute Gasteiger partial charge is 0.118 e.